The van der Waals surface area contributed by atoms with E-state index in [0.717, 1.165) is 0 Å². The summed E-state index contributed by atoms with van der Waals surface area (Å²) in [6, 6.07) is 0. The van der Waals surface area contributed by atoms with Gasteiger partial charge in [-0.3, -0.25) is 0 Å². The van der Waals surface area contributed by atoms with Crippen molar-refractivity contribution in [3.63, 3.8) is 0 Å². The molecule has 1 nitrogen and oxygen atoms in total. The normalized spacial score (nSPS) is 1.40. The first-order chi connectivity index (χ1) is 1.00. The van der Waals surface area contributed by atoms with Gasteiger partial charge in [-0.2, -0.15) is 0 Å². The van der Waals surface area contributed by atoms with Gasteiger partial charge in [0.15, 0.2) is 0 Å². The molecule has 0 rings (SSSR count). The Morgan fingerprint density at radius 2 is 0.800 bits per heavy atom. The van der Waals surface area contributed by atoms with Gasteiger partial charge in [-0.15, -0.1) is 0 Å². The third-order valence-electron chi connectivity index (χ3n) is 0. The van der Waals surface area contributed by atoms with Crippen molar-refractivity contribution >= 4 is 22.9 Å². The van der Waals surface area contributed by atoms with E-state index < -0.39 is 0 Å². The van der Waals surface area contributed by atoms with Crippen LogP contribution in [0.4, 0.5) is 0 Å². The van der Waals surface area contributed by atoms with E-state index in [9.17, 15) is 0 Å². The van der Waals surface area contributed by atoms with E-state index in [1.807, 2.05) is 0 Å². The van der Waals surface area contributed by atoms with E-state index in [4.69, 9.17) is 3.44 Å². The van der Waals surface area contributed by atoms with Crippen molar-refractivity contribution in [1.82, 2.24) is 0 Å². The van der Waals surface area contributed by atoms with Gasteiger partial charge in [0, 0.05) is 0 Å². The summed E-state index contributed by atoms with van der Waals surface area (Å²) < 4.78 is 7.09. The summed E-state index contributed by atoms with van der Waals surface area (Å²) in [5.41, 5.74) is 0. The summed E-state index contributed by atoms with van der Waals surface area (Å²) in [6.07, 6.45) is 0. The van der Waals surface area contributed by atoms with E-state index in [2.05, 4.69) is 0 Å². The zero-order valence-electron chi connectivity index (χ0n) is 2.08. The van der Waals surface area contributed by atoms with Crippen molar-refractivity contribution in [3.05, 3.63) is 0 Å². The molecular weight excluding hydrogens is 241 g/mol. The fourth-order valence-electron chi connectivity index (χ4n) is 0. The SMILES string of the molecule is [Cl-].[Cl-].[Cl-].[OH][Sn+3]. The molecule has 0 aliphatic heterocycles. The molecule has 0 aromatic heterocycles. The predicted octanol–water partition coefficient (Wildman–Crippen LogP) is -9.93. The van der Waals surface area contributed by atoms with Gasteiger partial charge in [-0.25, -0.2) is 0 Å². The summed E-state index contributed by atoms with van der Waals surface area (Å²) in [4.78, 5) is 0. The van der Waals surface area contributed by atoms with Crippen LogP contribution in [0.15, 0.2) is 0 Å². The zero-order chi connectivity index (χ0) is 2.00. The van der Waals surface area contributed by atoms with E-state index in [-0.39, 0.29) is 37.2 Å². The van der Waals surface area contributed by atoms with E-state index >= 15 is 0 Å². The molecule has 5 heavy (non-hydrogen) atoms. The summed E-state index contributed by atoms with van der Waals surface area (Å²) in [5, 5.41) is 0. The van der Waals surface area contributed by atoms with Crippen LogP contribution >= 0.6 is 0 Å². The third kappa shape index (κ3) is 27.9. The number of hydrogen-bond donors (Lipinski definition) is 1. The molecule has 0 saturated heterocycles. The number of halogens is 3. The van der Waals surface area contributed by atoms with Crippen molar-refractivity contribution in [3.8, 4) is 0 Å². The fourth-order valence-corrected chi connectivity index (χ4v) is 0. The quantitative estimate of drug-likeness (QED) is 0.418. The first-order valence-corrected chi connectivity index (χ1v) is 1.50. The number of hydrogen-bond acceptors (Lipinski definition) is 1. The molecule has 0 unspecified atom stereocenters. The summed E-state index contributed by atoms with van der Waals surface area (Å²) in [6.45, 7) is 0. The molecule has 0 fully saturated rings. The van der Waals surface area contributed by atoms with Crippen molar-refractivity contribution in [2.24, 2.45) is 0 Å². The van der Waals surface area contributed by atoms with Crippen LogP contribution in [0.2, 0.25) is 0 Å². The summed E-state index contributed by atoms with van der Waals surface area (Å²) in [5.74, 6) is 0. The molecule has 0 aromatic carbocycles. The molecule has 0 atom stereocenters. The Hall–Kier alpha value is 1.63. The van der Waals surface area contributed by atoms with E-state index in [1.54, 1.807) is 0 Å². The Labute approximate surface area is 63.4 Å². The van der Waals surface area contributed by atoms with Gasteiger partial charge in [0.25, 0.3) is 0 Å². The van der Waals surface area contributed by atoms with Crippen LogP contribution in [0, 0.1) is 0 Å². The van der Waals surface area contributed by atoms with Gasteiger partial charge in [0.1, 0.15) is 0 Å². The molecular formula is HCl3OSn. The molecule has 0 saturated carbocycles. The Morgan fingerprint density at radius 1 is 0.800 bits per heavy atom. The van der Waals surface area contributed by atoms with E-state index in [1.165, 1.54) is 0 Å². The Morgan fingerprint density at radius 3 is 0.800 bits per heavy atom. The molecule has 0 aliphatic carbocycles. The van der Waals surface area contributed by atoms with Crippen molar-refractivity contribution in [1.29, 1.82) is 0 Å². The minimum atomic E-state index is 0. The average Bonchev–Trinajstić information content (AvgIpc) is 1.00. The second-order valence-electron chi connectivity index (χ2n) is 0. The average molecular weight is 242 g/mol. The Balaban J connectivity index is -0.00000000167. The predicted molar refractivity (Wildman–Crippen MR) is 7.97 cm³/mol. The molecule has 0 radical (unpaired) electrons. The molecule has 1 N–H and O–H groups in total. The molecule has 0 aliphatic rings. The second kappa shape index (κ2) is 45.5. The van der Waals surface area contributed by atoms with Crippen LogP contribution < -0.4 is 37.2 Å². The molecule has 0 bridgehead atoms. The summed E-state index contributed by atoms with van der Waals surface area (Å²) >= 11 is 0.550. The molecule has 5 heteroatoms. The van der Waals surface area contributed by atoms with Crippen LogP contribution in [0.1, 0.15) is 0 Å². The van der Waals surface area contributed by atoms with Crippen LogP contribution in [0.25, 0.3) is 0 Å². The topological polar surface area (TPSA) is 20.2 Å². The minimum absolute atomic E-state index is 0. The van der Waals surface area contributed by atoms with E-state index in [0.29, 0.717) is 22.9 Å². The van der Waals surface area contributed by atoms with Crippen LogP contribution in [0.3, 0.4) is 0 Å². The third-order valence-corrected chi connectivity index (χ3v) is 0. The van der Waals surface area contributed by atoms with Crippen LogP contribution in [-0.2, 0) is 0 Å². The molecule has 0 amide bonds. The first kappa shape index (κ1) is 30.4. The Kier molecular flexibility index (Phi) is 276. The van der Waals surface area contributed by atoms with Gasteiger partial charge in [0.2, 0.25) is 0 Å². The molecule has 0 heterocycles. The second-order valence-corrected chi connectivity index (χ2v) is 0. The van der Waals surface area contributed by atoms with Gasteiger partial charge in [0.05, 0.1) is 0 Å². The molecule has 0 aromatic rings. The van der Waals surface area contributed by atoms with Gasteiger partial charge in [-0.05, 0) is 0 Å². The number of rotatable bonds is 0. The Bertz CT molecular complexity index is 6.85. The maximum atomic E-state index is 7.09. The van der Waals surface area contributed by atoms with Crippen LogP contribution in [0.5, 0.6) is 0 Å². The standard InChI is InChI=1S/3ClH.H2O.Sn/h3*1H;1H2;/q;;;;+4/p-4. The maximum absolute atomic E-state index is 7.09. The van der Waals surface area contributed by atoms with Gasteiger partial charge >= 0.3 is 26.4 Å². The van der Waals surface area contributed by atoms with Gasteiger partial charge < -0.3 is 37.2 Å². The first-order valence-electron chi connectivity index (χ1n) is 0.224. The van der Waals surface area contributed by atoms with Gasteiger partial charge in [-0.1, -0.05) is 0 Å². The molecule has 0 spiro atoms. The van der Waals surface area contributed by atoms with Crippen LogP contribution in [-0.4, -0.2) is 26.4 Å². The van der Waals surface area contributed by atoms with Crippen molar-refractivity contribution in [2.45, 2.75) is 0 Å². The van der Waals surface area contributed by atoms with Crippen molar-refractivity contribution < 1.29 is 40.7 Å². The zero-order valence-corrected chi connectivity index (χ0v) is 7.20. The summed E-state index contributed by atoms with van der Waals surface area (Å²) in [7, 11) is 0. The monoisotopic (exact) mass is 242 g/mol. The van der Waals surface area contributed by atoms with Crippen molar-refractivity contribution in [2.75, 3.05) is 0 Å². The fraction of sp³-hybridized carbons (Fsp3) is 0. The molecule has 32 valence electrons.